The lowest BCUT2D eigenvalue weighted by atomic mass is 9.98. The molecule has 0 aromatic heterocycles. The Balaban J connectivity index is 1.82. The van der Waals surface area contributed by atoms with Crippen molar-refractivity contribution < 1.29 is 4.79 Å². The topological polar surface area (TPSA) is 29.1 Å². The molecule has 1 aromatic carbocycles. The first-order chi connectivity index (χ1) is 7.36. The SMILES string of the molecule is O=C(CCC1CCNC1)c1ccccc1. The first kappa shape index (κ1) is 10.4. The van der Waals surface area contributed by atoms with E-state index in [4.69, 9.17) is 0 Å². The van der Waals surface area contributed by atoms with Crippen LogP contribution in [-0.4, -0.2) is 18.9 Å². The molecule has 0 saturated carbocycles. The maximum atomic E-state index is 11.8. The molecule has 1 unspecified atom stereocenters. The largest absolute Gasteiger partial charge is 0.316 e. The summed E-state index contributed by atoms with van der Waals surface area (Å²) in [5.74, 6) is 0.986. The predicted molar refractivity (Wildman–Crippen MR) is 61.0 cm³/mol. The fourth-order valence-electron chi connectivity index (χ4n) is 2.06. The van der Waals surface area contributed by atoms with E-state index in [2.05, 4.69) is 5.32 Å². The zero-order valence-corrected chi connectivity index (χ0v) is 8.91. The lowest BCUT2D eigenvalue weighted by Gasteiger charge is -2.06. The van der Waals surface area contributed by atoms with Crippen LogP contribution in [0.15, 0.2) is 30.3 Å². The Morgan fingerprint density at radius 3 is 2.80 bits per heavy atom. The molecular formula is C13H17NO. The number of carbonyl (C=O) groups is 1. The molecule has 15 heavy (non-hydrogen) atoms. The Kier molecular flexibility index (Phi) is 3.51. The molecule has 1 aromatic rings. The Labute approximate surface area is 90.7 Å². The van der Waals surface area contributed by atoms with Crippen LogP contribution < -0.4 is 5.32 Å². The van der Waals surface area contributed by atoms with Gasteiger partial charge in [-0.05, 0) is 31.8 Å². The van der Waals surface area contributed by atoms with Gasteiger partial charge in [-0.3, -0.25) is 4.79 Å². The summed E-state index contributed by atoms with van der Waals surface area (Å²) in [4.78, 5) is 11.8. The number of carbonyl (C=O) groups excluding carboxylic acids is 1. The standard InChI is InChI=1S/C13H17NO/c15-13(12-4-2-1-3-5-12)7-6-11-8-9-14-10-11/h1-5,11,14H,6-10H2. The number of ketones is 1. The Bertz CT molecular complexity index is 315. The quantitative estimate of drug-likeness (QED) is 0.760. The third kappa shape index (κ3) is 2.90. The molecule has 80 valence electrons. The molecule has 1 atom stereocenters. The second kappa shape index (κ2) is 5.08. The fraction of sp³-hybridized carbons (Fsp3) is 0.462. The van der Waals surface area contributed by atoms with Crippen molar-refractivity contribution >= 4 is 5.78 Å². The summed E-state index contributed by atoms with van der Waals surface area (Å²) in [5, 5.41) is 3.32. The molecule has 1 aliphatic heterocycles. The van der Waals surface area contributed by atoms with Crippen molar-refractivity contribution in [1.29, 1.82) is 0 Å². The molecule has 0 radical (unpaired) electrons. The third-order valence-electron chi connectivity index (χ3n) is 3.04. The van der Waals surface area contributed by atoms with Crippen LogP contribution >= 0.6 is 0 Å². The van der Waals surface area contributed by atoms with Gasteiger partial charge in [0.25, 0.3) is 0 Å². The molecule has 2 nitrogen and oxygen atoms in total. The predicted octanol–water partition coefficient (Wildman–Crippen LogP) is 2.26. The monoisotopic (exact) mass is 203 g/mol. The number of rotatable bonds is 4. The summed E-state index contributed by atoms with van der Waals surface area (Å²) in [7, 11) is 0. The summed E-state index contributed by atoms with van der Waals surface area (Å²) in [6.07, 6.45) is 2.94. The summed E-state index contributed by atoms with van der Waals surface area (Å²) < 4.78 is 0. The highest BCUT2D eigenvalue weighted by atomic mass is 16.1. The van der Waals surface area contributed by atoms with Crippen LogP contribution in [0.4, 0.5) is 0 Å². The second-order valence-corrected chi connectivity index (χ2v) is 4.19. The van der Waals surface area contributed by atoms with E-state index in [0.29, 0.717) is 12.3 Å². The maximum absolute atomic E-state index is 11.8. The van der Waals surface area contributed by atoms with Gasteiger partial charge in [0.2, 0.25) is 0 Å². The number of hydrogen-bond acceptors (Lipinski definition) is 2. The normalized spacial score (nSPS) is 20.4. The van der Waals surface area contributed by atoms with Crippen LogP contribution in [0.1, 0.15) is 29.6 Å². The van der Waals surface area contributed by atoms with Crippen LogP contribution in [0, 0.1) is 5.92 Å². The van der Waals surface area contributed by atoms with E-state index >= 15 is 0 Å². The highest BCUT2D eigenvalue weighted by Gasteiger charge is 2.15. The third-order valence-corrected chi connectivity index (χ3v) is 3.04. The van der Waals surface area contributed by atoms with Crippen molar-refractivity contribution in [3.05, 3.63) is 35.9 Å². The highest BCUT2D eigenvalue weighted by molar-refractivity contribution is 5.95. The zero-order chi connectivity index (χ0) is 10.5. The molecule has 1 aliphatic rings. The lowest BCUT2D eigenvalue weighted by molar-refractivity contribution is 0.0974. The highest BCUT2D eigenvalue weighted by Crippen LogP contribution is 2.16. The van der Waals surface area contributed by atoms with Crippen molar-refractivity contribution in [3.63, 3.8) is 0 Å². The van der Waals surface area contributed by atoms with Gasteiger partial charge in [-0.2, -0.15) is 0 Å². The first-order valence-corrected chi connectivity index (χ1v) is 5.65. The van der Waals surface area contributed by atoms with Crippen LogP contribution in [0.2, 0.25) is 0 Å². The van der Waals surface area contributed by atoms with E-state index in [0.717, 1.165) is 25.1 Å². The minimum atomic E-state index is 0.280. The zero-order valence-electron chi connectivity index (χ0n) is 8.91. The summed E-state index contributed by atoms with van der Waals surface area (Å²) in [6, 6.07) is 9.58. The molecule has 1 N–H and O–H groups in total. The van der Waals surface area contributed by atoms with E-state index in [-0.39, 0.29) is 5.78 Å². The average Bonchev–Trinajstić information content (AvgIpc) is 2.80. The van der Waals surface area contributed by atoms with E-state index in [1.54, 1.807) is 0 Å². The van der Waals surface area contributed by atoms with Gasteiger partial charge in [-0.25, -0.2) is 0 Å². The number of Topliss-reactive ketones (excluding diaryl/α,β-unsaturated/α-hetero) is 1. The number of hydrogen-bond donors (Lipinski definition) is 1. The lowest BCUT2D eigenvalue weighted by Crippen LogP contribution is -2.10. The van der Waals surface area contributed by atoms with Crippen LogP contribution in [0.3, 0.4) is 0 Å². The molecular weight excluding hydrogens is 186 g/mol. The molecule has 0 bridgehead atoms. The average molecular weight is 203 g/mol. The minimum Gasteiger partial charge on any atom is -0.316 e. The Hall–Kier alpha value is -1.15. The van der Waals surface area contributed by atoms with Crippen LogP contribution in [0.5, 0.6) is 0 Å². The minimum absolute atomic E-state index is 0.280. The number of benzene rings is 1. The van der Waals surface area contributed by atoms with Crippen molar-refractivity contribution in [2.24, 2.45) is 5.92 Å². The van der Waals surface area contributed by atoms with Gasteiger partial charge in [0.15, 0.2) is 5.78 Å². The maximum Gasteiger partial charge on any atom is 0.162 e. The van der Waals surface area contributed by atoms with Gasteiger partial charge in [0, 0.05) is 12.0 Å². The first-order valence-electron chi connectivity index (χ1n) is 5.65. The molecule has 0 spiro atoms. The van der Waals surface area contributed by atoms with Crippen molar-refractivity contribution in [2.45, 2.75) is 19.3 Å². The van der Waals surface area contributed by atoms with Crippen LogP contribution in [0.25, 0.3) is 0 Å². The van der Waals surface area contributed by atoms with Gasteiger partial charge in [-0.1, -0.05) is 30.3 Å². The van der Waals surface area contributed by atoms with Crippen molar-refractivity contribution in [1.82, 2.24) is 5.32 Å². The Morgan fingerprint density at radius 1 is 1.33 bits per heavy atom. The van der Waals surface area contributed by atoms with Gasteiger partial charge in [0.05, 0.1) is 0 Å². The van der Waals surface area contributed by atoms with Gasteiger partial charge < -0.3 is 5.32 Å². The van der Waals surface area contributed by atoms with E-state index < -0.39 is 0 Å². The van der Waals surface area contributed by atoms with Gasteiger partial charge in [0.1, 0.15) is 0 Å². The van der Waals surface area contributed by atoms with Crippen LogP contribution in [-0.2, 0) is 0 Å². The summed E-state index contributed by atoms with van der Waals surface area (Å²) >= 11 is 0. The number of nitrogens with one attached hydrogen (secondary N) is 1. The van der Waals surface area contributed by atoms with E-state index in [9.17, 15) is 4.79 Å². The Morgan fingerprint density at radius 2 is 2.13 bits per heavy atom. The summed E-state index contributed by atoms with van der Waals surface area (Å²) in [6.45, 7) is 2.20. The van der Waals surface area contributed by atoms with E-state index in [1.165, 1.54) is 6.42 Å². The van der Waals surface area contributed by atoms with Gasteiger partial charge in [-0.15, -0.1) is 0 Å². The molecule has 1 fully saturated rings. The molecule has 2 heteroatoms. The molecule has 0 aliphatic carbocycles. The van der Waals surface area contributed by atoms with Crippen molar-refractivity contribution in [3.8, 4) is 0 Å². The molecule has 0 amide bonds. The van der Waals surface area contributed by atoms with Gasteiger partial charge >= 0.3 is 0 Å². The van der Waals surface area contributed by atoms with Crippen molar-refractivity contribution in [2.75, 3.05) is 13.1 Å². The smallest absolute Gasteiger partial charge is 0.162 e. The second-order valence-electron chi connectivity index (χ2n) is 4.19. The van der Waals surface area contributed by atoms with E-state index in [1.807, 2.05) is 30.3 Å². The molecule has 1 saturated heterocycles. The molecule has 1 heterocycles. The summed E-state index contributed by atoms with van der Waals surface area (Å²) in [5.41, 5.74) is 0.850. The molecule has 2 rings (SSSR count). The fourth-order valence-corrected chi connectivity index (χ4v) is 2.06.